The predicted octanol–water partition coefficient (Wildman–Crippen LogP) is -0.514. The van der Waals surface area contributed by atoms with Crippen LogP contribution >= 0.6 is 22.6 Å². The SMILES string of the molecule is CC(=O)N[C@H]1NO[C@H](CI)[C@@H](O)[C@@H]1F. The van der Waals surface area contributed by atoms with Gasteiger partial charge in [0.1, 0.15) is 18.4 Å². The number of carbonyl (C=O) groups excluding carboxylic acids is 1. The first-order valence-corrected chi connectivity index (χ1v) is 5.65. The zero-order valence-corrected chi connectivity index (χ0v) is 9.69. The zero-order chi connectivity index (χ0) is 10.7. The van der Waals surface area contributed by atoms with Crippen LogP contribution in [-0.4, -0.2) is 40.0 Å². The minimum Gasteiger partial charge on any atom is -0.387 e. The Morgan fingerprint density at radius 2 is 2.43 bits per heavy atom. The minimum atomic E-state index is -1.56. The number of aliphatic hydroxyl groups is 1. The summed E-state index contributed by atoms with van der Waals surface area (Å²) in [4.78, 5) is 15.6. The van der Waals surface area contributed by atoms with Gasteiger partial charge in [0.2, 0.25) is 5.91 Å². The van der Waals surface area contributed by atoms with Crippen LogP contribution in [0.2, 0.25) is 0 Å². The summed E-state index contributed by atoms with van der Waals surface area (Å²) >= 11 is 1.99. The fourth-order valence-electron chi connectivity index (χ4n) is 1.15. The molecule has 0 unspecified atom stereocenters. The highest BCUT2D eigenvalue weighted by Crippen LogP contribution is 2.16. The van der Waals surface area contributed by atoms with E-state index < -0.39 is 24.5 Å². The number of amides is 1. The summed E-state index contributed by atoms with van der Waals surface area (Å²) in [6.07, 6.45) is -4.35. The third kappa shape index (κ3) is 2.75. The van der Waals surface area contributed by atoms with E-state index in [0.717, 1.165) is 0 Å². The molecule has 0 aromatic rings. The molecule has 0 bridgehead atoms. The van der Waals surface area contributed by atoms with Gasteiger partial charge >= 0.3 is 0 Å². The van der Waals surface area contributed by atoms with E-state index in [1.165, 1.54) is 6.92 Å². The lowest BCUT2D eigenvalue weighted by Gasteiger charge is -2.35. The van der Waals surface area contributed by atoms with Crippen LogP contribution in [-0.2, 0) is 9.63 Å². The maximum Gasteiger partial charge on any atom is 0.218 e. The number of halogens is 2. The molecule has 0 aromatic heterocycles. The molecule has 82 valence electrons. The highest BCUT2D eigenvalue weighted by Gasteiger charge is 2.39. The van der Waals surface area contributed by atoms with Crippen molar-refractivity contribution in [3.8, 4) is 0 Å². The van der Waals surface area contributed by atoms with Crippen LogP contribution in [0.25, 0.3) is 0 Å². The molecule has 5 nitrogen and oxygen atoms in total. The summed E-state index contributed by atoms with van der Waals surface area (Å²) in [5, 5.41) is 11.7. The van der Waals surface area contributed by atoms with E-state index in [4.69, 9.17) is 4.84 Å². The van der Waals surface area contributed by atoms with Crippen LogP contribution in [0.5, 0.6) is 0 Å². The Labute approximate surface area is 94.5 Å². The van der Waals surface area contributed by atoms with Crippen molar-refractivity contribution in [3.63, 3.8) is 0 Å². The number of nitrogens with one attached hydrogen (secondary N) is 2. The topological polar surface area (TPSA) is 70.6 Å². The number of hydroxylamine groups is 1. The minimum absolute atomic E-state index is 0.381. The average molecular weight is 318 g/mol. The maximum absolute atomic E-state index is 13.4. The van der Waals surface area contributed by atoms with E-state index >= 15 is 0 Å². The van der Waals surface area contributed by atoms with Crippen LogP contribution in [0.1, 0.15) is 6.92 Å². The molecule has 14 heavy (non-hydrogen) atoms. The average Bonchev–Trinajstić information content (AvgIpc) is 2.13. The molecule has 1 rings (SSSR count). The number of carbonyl (C=O) groups is 1. The third-order valence-electron chi connectivity index (χ3n) is 1.88. The molecule has 1 fully saturated rings. The van der Waals surface area contributed by atoms with Gasteiger partial charge in [0.25, 0.3) is 0 Å². The Kier molecular flexibility index (Phi) is 4.48. The Balaban J connectivity index is 2.54. The fraction of sp³-hybridized carbons (Fsp3) is 0.857. The van der Waals surface area contributed by atoms with E-state index in [1.54, 1.807) is 0 Å². The molecule has 0 radical (unpaired) electrons. The van der Waals surface area contributed by atoms with Gasteiger partial charge in [-0.05, 0) is 0 Å². The molecule has 3 N–H and O–H groups in total. The molecule has 0 aliphatic carbocycles. The molecule has 4 atom stereocenters. The lowest BCUT2D eigenvalue weighted by atomic mass is 10.1. The van der Waals surface area contributed by atoms with E-state index in [9.17, 15) is 14.3 Å². The Hall–Kier alpha value is 0.01000. The lowest BCUT2D eigenvalue weighted by Crippen LogP contribution is -2.63. The van der Waals surface area contributed by atoms with E-state index in [1.807, 2.05) is 22.6 Å². The van der Waals surface area contributed by atoms with Gasteiger partial charge < -0.3 is 10.4 Å². The van der Waals surface area contributed by atoms with Gasteiger partial charge in [-0.3, -0.25) is 9.63 Å². The number of aliphatic hydroxyl groups excluding tert-OH is 1. The van der Waals surface area contributed by atoms with Gasteiger partial charge in [-0.1, -0.05) is 22.6 Å². The smallest absolute Gasteiger partial charge is 0.218 e. The van der Waals surface area contributed by atoms with Crippen LogP contribution in [0.3, 0.4) is 0 Å². The van der Waals surface area contributed by atoms with Crippen LogP contribution in [0.4, 0.5) is 4.39 Å². The molecular formula is C7H12FIN2O3. The van der Waals surface area contributed by atoms with Crippen molar-refractivity contribution in [2.45, 2.75) is 31.5 Å². The number of hydrogen-bond donors (Lipinski definition) is 3. The summed E-state index contributed by atoms with van der Waals surface area (Å²) in [5.41, 5.74) is 2.36. The van der Waals surface area contributed by atoms with Crippen molar-refractivity contribution in [1.82, 2.24) is 10.8 Å². The number of hydrogen-bond acceptors (Lipinski definition) is 4. The quantitative estimate of drug-likeness (QED) is 0.474. The van der Waals surface area contributed by atoms with Gasteiger partial charge in [-0.15, -0.1) is 0 Å². The van der Waals surface area contributed by atoms with Crippen molar-refractivity contribution >= 4 is 28.5 Å². The maximum atomic E-state index is 13.4. The van der Waals surface area contributed by atoms with Crippen molar-refractivity contribution in [2.24, 2.45) is 0 Å². The highest BCUT2D eigenvalue weighted by atomic mass is 127. The van der Waals surface area contributed by atoms with E-state index in [-0.39, 0.29) is 5.91 Å². The van der Waals surface area contributed by atoms with Crippen molar-refractivity contribution in [3.05, 3.63) is 0 Å². The van der Waals surface area contributed by atoms with Gasteiger partial charge in [0.15, 0.2) is 6.17 Å². The molecule has 1 aliphatic rings. The summed E-state index contributed by atoms with van der Waals surface area (Å²) in [5.74, 6) is -0.381. The van der Waals surface area contributed by atoms with Crippen molar-refractivity contribution in [2.75, 3.05) is 4.43 Å². The van der Waals surface area contributed by atoms with Gasteiger partial charge in [-0.2, -0.15) is 5.48 Å². The van der Waals surface area contributed by atoms with Crippen LogP contribution in [0.15, 0.2) is 0 Å². The summed E-state index contributed by atoms with van der Waals surface area (Å²) in [7, 11) is 0. The standard InChI is InChI=1S/C7H12FIN2O3/c1-3(12)10-7-5(8)6(13)4(2-9)14-11-7/h4-7,11,13H,2H2,1H3,(H,10,12)/t4-,5+,6-,7+/m1/s1. The lowest BCUT2D eigenvalue weighted by molar-refractivity contribution is -0.172. The van der Waals surface area contributed by atoms with Gasteiger partial charge in [-0.25, -0.2) is 4.39 Å². The second kappa shape index (κ2) is 5.19. The van der Waals surface area contributed by atoms with E-state index in [0.29, 0.717) is 4.43 Å². The Morgan fingerprint density at radius 1 is 1.79 bits per heavy atom. The fourth-order valence-corrected chi connectivity index (χ4v) is 1.85. The first kappa shape index (κ1) is 12.1. The zero-order valence-electron chi connectivity index (χ0n) is 7.54. The highest BCUT2D eigenvalue weighted by molar-refractivity contribution is 14.1. The third-order valence-corrected chi connectivity index (χ3v) is 2.75. The molecular weight excluding hydrogens is 306 g/mol. The molecule has 1 aliphatic heterocycles. The monoisotopic (exact) mass is 318 g/mol. The summed E-state index contributed by atoms with van der Waals surface area (Å²) < 4.78 is 13.9. The molecule has 0 spiro atoms. The second-order valence-electron chi connectivity index (χ2n) is 3.04. The number of alkyl halides is 2. The second-order valence-corrected chi connectivity index (χ2v) is 3.92. The first-order valence-electron chi connectivity index (χ1n) is 4.12. The van der Waals surface area contributed by atoms with Crippen molar-refractivity contribution < 1.29 is 19.1 Å². The molecule has 7 heteroatoms. The molecule has 1 saturated heterocycles. The molecule has 0 aromatic carbocycles. The largest absolute Gasteiger partial charge is 0.387 e. The van der Waals surface area contributed by atoms with Gasteiger partial charge in [0, 0.05) is 11.4 Å². The number of rotatable bonds is 2. The molecule has 1 heterocycles. The first-order chi connectivity index (χ1) is 6.56. The molecule has 0 saturated carbocycles. The predicted molar refractivity (Wildman–Crippen MR) is 55.4 cm³/mol. The van der Waals surface area contributed by atoms with Crippen LogP contribution in [0, 0.1) is 0 Å². The summed E-state index contributed by atoms with van der Waals surface area (Å²) in [6, 6.07) is 0. The molecule has 1 amide bonds. The summed E-state index contributed by atoms with van der Waals surface area (Å²) in [6.45, 7) is 1.27. The Bertz CT molecular complexity index is 219. The van der Waals surface area contributed by atoms with E-state index in [2.05, 4.69) is 10.8 Å². The Morgan fingerprint density at radius 3 is 2.93 bits per heavy atom. The normalized spacial score (nSPS) is 38.0. The van der Waals surface area contributed by atoms with Crippen LogP contribution < -0.4 is 10.8 Å². The van der Waals surface area contributed by atoms with Gasteiger partial charge in [0.05, 0.1) is 0 Å². The van der Waals surface area contributed by atoms with Crippen molar-refractivity contribution in [1.29, 1.82) is 0 Å².